The quantitative estimate of drug-likeness (QED) is 0.926. The lowest BCUT2D eigenvalue weighted by molar-refractivity contribution is 0.0383. The van der Waals surface area contributed by atoms with Crippen molar-refractivity contribution in [2.75, 3.05) is 39.4 Å². The molecule has 3 rings (SSSR count). The number of nitrogens with zero attached hydrogens (tertiary/aromatic N) is 1. The van der Waals surface area contributed by atoms with Crippen LogP contribution in [-0.2, 0) is 17.6 Å². The van der Waals surface area contributed by atoms with E-state index >= 15 is 0 Å². The number of nitrogens with one attached hydrogen (secondary N) is 1. The number of ether oxygens (including phenoxy) is 1. The fourth-order valence-corrected chi connectivity index (χ4v) is 4.37. The van der Waals surface area contributed by atoms with E-state index in [-0.39, 0.29) is 5.91 Å². The summed E-state index contributed by atoms with van der Waals surface area (Å²) in [4.78, 5) is 17.0. The maximum absolute atomic E-state index is 12.3. The van der Waals surface area contributed by atoms with Crippen LogP contribution in [0.25, 0.3) is 0 Å². The lowest BCUT2D eigenvalue weighted by atomic mass is 10.00. The van der Waals surface area contributed by atoms with Crippen molar-refractivity contribution >= 4 is 17.2 Å². The van der Waals surface area contributed by atoms with Gasteiger partial charge in [0.15, 0.2) is 0 Å². The topological polar surface area (TPSA) is 41.6 Å². The van der Waals surface area contributed by atoms with Crippen molar-refractivity contribution in [3.8, 4) is 0 Å². The van der Waals surface area contributed by atoms with Gasteiger partial charge in [0.05, 0.1) is 18.1 Å². The van der Waals surface area contributed by atoms with Crippen LogP contribution in [0, 0.1) is 0 Å². The van der Waals surface area contributed by atoms with Gasteiger partial charge in [0.1, 0.15) is 0 Å². The van der Waals surface area contributed by atoms with Crippen molar-refractivity contribution in [3.05, 3.63) is 21.4 Å². The van der Waals surface area contributed by atoms with E-state index in [4.69, 9.17) is 4.74 Å². The summed E-state index contributed by atoms with van der Waals surface area (Å²) in [5.74, 6) is 0.102. The molecular formula is C17H26N2O2S. The maximum Gasteiger partial charge on any atom is 0.261 e. The zero-order valence-corrected chi connectivity index (χ0v) is 14.1. The highest BCUT2D eigenvalue weighted by molar-refractivity contribution is 7.14. The van der Waals surface area contributed by atoms with E-state index < -0.39 is 0 Å². The van der Waals surface area contributed by atoms with Crippen molar-refractivity contribution in [3.63, 3.8) is 0 Å². The molecule has 1 saturated heterocycles. The third kappa shape index (κ3) is 4.31. The van der Waals surface area contributed by atoms with E-state index in [0.717, 1.165) is 57.1 Å². The summed E-state index contributed by atoms with van der Waals surface area (Å²) >= 11 is 1.71. The number of carbonyl (C=O) groups excluding carboxylic acids is 1. The molecule has 1 fully saturated rings. The number of rotatable bonds is 4. The van der Waals surface area contributed by atoms with Gasteiger partial charge < -0.3 is 10.1 Å². The first kappa shape index (κ1) is 16.0. The fourth-order valence-electron chi connectivity index (χ4n) is 3.20. The number of fused-ring (bicyclic) bond motifs is 1. The summed E-state index contributed by atoms with van der Waals surface area (Å²) < 4.78 is 5.34. The Morgan fingerprint density at radius 3 is 2.77 bits per heavy atom. The molecule has 0 bridgehead atoms. The third-order valence-corrected chi connectivity index (χ3v) is 5.77. The van der Waals surface area contributed by atoms with Crippen LogP contribution in [0.3, 0.4) is 0 Å². The van der Waals surface area contributed by atoms with Crippen LogP contribution < -0.4 is 5.32 Å². The van der Waals surface area contributed by atoms with Crippen molar-refractivity contribution in [2.45, 2.75) is 38.5 Å². The van der Waals surface area contributed by atoms with Gasteiger partial charge in [-0.2, -0.15) is 0 Å². The number of hydrogen-bond donors (Lipinski definition) is 1. The Labute approximate surface area is 136 Å². The molecule has 0 spiro atoms. The van der Waals surface area contributed by atoms with Crippen LogP contribution >= 0.6 is 11.3 Å². The van der Waals surface area contributed by atoms with Crippen LogP contribution in [0.5, 0.6) is 0 Å². The molecule has 122 valence electrons. The second-order valence-corrected chi connectivity index (χ2v) is 7.32. The molecule has 5 heteroatoms. The van der Waals surface area contributed by atoms with Crippen LogP contribution in [0.2, 0.25) is 0 Å². The van der Waals surface area contributed by atoms with Crippen LogP contribution in [-0.4, -0.2) is 50.2 Å². The van der Waals surface area contributed by atoms with Crippen molar-refractivity contribution < 1.29 is 9.53 Å². The average molecular weight is 322 g/mol. The normalized spacial score (nSPS) is 20.0. The van der Waals surface area contributed by atoms with E-state index in [0.29, 0.717) is 0 Å². The number of morpholine rings is 1. The summed E-state index contributed by atoms with van der Waals surface area (Å²) in [5.41, 5.74) is 1.42. The van der Waals surface area contributed by atoms with Gasteiger partial charge >= 0.3 is 0 Å². The Hall–Kier alpha value is -0.910. The second kappa shape index (κ2) is 8.09. The van der Waals surface area contributed by atoms with E-state index in [1.54, 1.807) is 11.3 Å². The molecule has 22 heavy (non-hydrogen) atoms. The summed E-state index contributed by atoms with van der Waals surface area (Å²) in [6.07, 6.45) is 7.50. The van der Waals surface area contributed by atoms with Crippen LogP contribution in [0.4, 0.5) is 0 Å². The Kier molecular flexibility index (Phi) is 5.87. The van der Waals surface area contributed by atoms with Gasteiger partial charge in [-0.1, -0.05) is 12.8 Å². The Morgan fingerprint density at radius 2 is 1.95 bits per heavy atom. The lowest BCUT2D eigenvalue weighted by Crippen LogP contribution is -2.41. The van der Waals surface area contributed by atoms with Gasteiger partial charge in [-0.15, -0.1) is 11.3 Å². The van der Waals surface area contributed by atoms with Crippen LogP contribution in [0.1, 0.15) is 45.8 Å². The monoisotopic (exact) mass is 322 g/mol. The first-order valence-electron chi connectivity index (χ1n) is 8.53. The Balaban J connectivity index is 1.50. The van der Waals surface area contributed by atoms with E-state index in [1.807, 2.05) is 0 Å². The van der Waals surface area contributed by atoms with Gasteiger partial charge in [-0.3, -0.25) is 9.69 Å². The fraction of sp³-hybridized carbons (Fsp3) is 0.706. The zero-order chi connectivity index (χ0) is 15.2. The third-order valence-electron chi connectivity index (χ3n) is 4.54. The minimum atomic E-state index is 0.102. The maximum atomic E-state index is 12.3. The minimum absolute atomic E-state index is 0.102. The van der Waals surface area contributed by atoms with Gasteiger partial charge in [-0.05, 0) is 37.3 Å². The molecule has 1 aliphatic carbocycles. The van der Waals surface area contributed by atoms with Gasteiger partial charge in [-0.25, -0.2) is 0 Å². The number of thiophene rings is 1. The average Bonchev–Trinajstić information content (AvgIpc) is 2.90. The van der Waals surface area contributed by atoms with Crippen LogP contribution in [0.15, 0.2) is 6.07 Å². The molecular weight excluding hydrogens is 296 g/mol. The molecule has 1 aliphatic heterocycles. The molecule has 4 nitrogen and oxygen atoms in total. The molecule has 1 amide bonds. The Bertz CT molecular complexity index is 469. The molecule has 1 aromatic rings. The van der Waals surface area contributed by atoms with E-state index in [9.17, 15) is 4.79 Å². The molecule has 0 unspecified atom stereocenters. The van der Waals surface area contributed by atoms with Gasteiger partial charge in [0.25, 0.3) is 5.91 Å². The first-order chi connectivity index (χ1) is 10.8. The second-order valence-electron chi connectivity index (χ2n) is 6.18. The summed E-state index contributed by atoms with van der Waals surface area (Å²) in [5, 5.41) is 3.08. The zero-order valence-electron chi connectivity index (χ0n) is 13.2. The largest absolute Gasteiger partial charge is 0.379 e. The summed E-state index contributed by atoms with van der Waals surface area (Å²) in [6.45, 7) is 5.21. The lowest BCUT2D eigenvalue weighted by Gasteiger charge is -2.26. The molecule has 2 heterocycles. The Morgan fingerprint density at radius 1 is 1.18 bits per heavy atom. The number of hydrogen-bond acceptors (Lipinski definition) is 4. The molecule has 1 N–H and O–H groups in total. The molecule has 0 saturated carbocycles. The highest BCUT2D eigenvalue weighted by Crippen LogP contribution is 2.28. The summed E-state index contributed by atoms with van der Waals surface area (Å²) in [6, 6.07) is 2.13. The number of aryl methyl sites for hydroxylation is 2. The number of amides is 1. The van der Waals surface area contributed by atoms with E-state index in [1.165, 1.54) is 36.1 Å². The molecule has 1 aromatic heterocycles. The molecule has 2 aliphatic rings. The standard InChI is InChI=1S/C17H26N2O2S/c20-17(18-7-8-19-9-11-21-12-10-19)16-13-14-5-3-1-2-4-6-15(14)22-16/h13H,1-12H2,(H,18,20). The van der Waals surface area contributed by atoms with Crippen molar-refractivity contribution in [2.24, 2.45) is 0 Å². The molecule has 0 aromatic carbocycles. The predicted molar refractivity (Wildman–Crippen MR) is 89.8 cm³/mol. The predicted octanol–water partition coefficient (Wildman–Crippen LogP) is 2.47. The SMILES string of the molecule is O=C(NCCN1CCOCC1)c1cc2c(s1)CCCCCC2. The smallest absolute Gasteiger partial charge is 0.261 e. The number of carbonyl (C=O) groups is 1. The first-order valence-corrected chi connectivity index (χ1v) is 9.34. The molecule has 0 radical (unpaired) electrons. The molecule has 0 atom stereocenters. The van der Waals surface area contributed by atoms with E-state index in [2.05, 4.69) is 16.3 Å². The summed E-state index contributed by atoms with van der Waals surface area (Å²) in [7, 11) is 0. The highest BCUT2D eigenvalue weighted by Gasteiger charge is 2.16. The van der Waals surface area contributed by atoms with Gasteiger partial charge in [0, 0.05) is 31.1 Å². The van der Waals surface area contributed by atoms with Crippen molar-refractivity contribution in [1.29, 1.82) is 0 Å². The van der Waals surface area contributed by atoms with Gasteiger partial charge in [0.2, 0.25) is 0 Å². The highest BCUT2D eigenvalue weighted by atomic mass is 32.1. The van der Waals surface area contributed by atoms with Crippen molar-refractivity contribution in [1.82, 2.24) is 10.2 Å². The minimum Gasteiger partial charge on any atom is -0.379 e.